The first-order valence-corrected chi connectivity index (χ1v) is 11.0. The van der Waals surface area contributed by atoms with Gasteiger partial charge in [-0.2, -0.15) is 0 Å². The predicted molar refractivity (Wildman–Crippen MR) is 104 cm³/mol. The van der Waals surface area contributed by atoms with Crippen molar-refractivity contribution < 1.29 is 31.9 Å². The lowest BCUT2D eigenvalue weighted by molar-refractivity contribution is -0.137. The summed E-state index contributed by atoms with van der Waals surface area (Å²) in [6, 6.07) is 7.78. The van der Waals surface area contributed by atoms with Crippen molar-refractivity contribution in [3.63, 3.8) is 0 Å². The van der Waals surface area contributed by atoms with Crippen LogP contribution in [0.25, 0.3) is 0 Å². The van der Waals surface area contributed by atoms with Crippen LogP contribution in [0.1, 0.15) is 28.1 Å². The highest BCUT2D eigenvalue weighted by Gasteiger charge is 2.35. The number of sulfone groups is 1. The lowest BCUT2D eigenvalue weighted by Crippen LogP contribution is -2.42. The summed E-state index contributed by atoms with van der Waals surface area (Å²) < 4.78 is 39.4. The third kappa shape index (κ3) is 5.17. The lowest BCUT2D eigenvalue weighted by Gasteiger charge is -2.27. The van der Waals surface area contributed by atoms with Crippen molar-refractivity contribution in [1.29, 1.82) is 0 Å². The van der Waals surface area contributed by atoms with E-state index in [0.29, 0.717) is 17.9 Å². The van der Waals surface area contributed by atoms with Gasteiger partial charge in [0.25, 0.3) is 5.91 Å². The molecule has 156 valence electrons. The maximum Gasteiger partial charge on any atom is 0.338 e. The van der Waals surface area contributed by atoms with Gasteiger partial charge < -0.3 is 18.8 Å². The zero-order valence-corrected chi connectivity index (χ0v) is 17.1. The summed E-state index contributed by atoms with van der Waals surface area (Å²) >= 11 is 0. The van der Waals surface area contributed by atoms with Gasteiger partial charge in [-0.05, 0) is 43.2 Å². The van der Waals surface area contributed by atoms with Crippen LogP contribution in [-0.4, -0.2) is 56.5 Å². The molecule has 1 saturated heterocycles. The molecule has 0 unspecified atom stereocenters. The second kappa shape index (κ2) is 8.69. The minimum atomic E-state index is -3.19. The van der Waals surface area contributed by atoms with E-state index < -0.39 is 34.4 Å². The minimum Gasteiger partial charge on any atom is -0.496 e. The maximum atomic E-state index is 12.8. The van der Waals surface area contributed by atoms with Crippen molar-refractivity contribution in [3.8, 4) is 5.75 Å². The number of esters is 1. The molecule has 8 nitrogen and oxygen atoms in total. The summed E-state index contributed by atoms with van der Waals surface area (Å²) in [7, 11) is -1.68. The van der Waals surface area contributed by atoms with Gasteiger partial charge in [-0.1, -0.05) is 6.07 Å². The van der Waals surface area contributed by atoms with Gasteiger partial charge in [-0.3, -0.25) is 4.79 Å². The number of hydrogen-bond acceptors (Lipinski definition) is 7. The monoisotopic (exact) mass is 421 g/mol. The Morgan fingerprint density at radius 2 is 2.07 bits per heavy atom. The fourth-order valence-corrected chi connectivity index (χ4v) is 4.98. The summed E-state index contributed by atoms with van der Waals surface area (Å²) in [5, 5.41) is 0. The topological polar surface area (TPSA) is 103 Å². The van der Waals surface area contributed by atoms with Gasteiger partial charge in [0.1, 0.15) is 11.5 Å². The van der Waals surface area contributed by atoms with Crippen LogP contribution in [0.5, 0.6) is 5.75 Å². The van der Waals surface area contributed by atoms with Gasteiger partial charge in [0, 0.05) is 6.04 Å². The number of furan rings is 1. The zero-order valence-electron chi connectivity index (χ0n) is 16.3. The Labute approximate surface area is 169 Å². The number of ether oxygens (including phenoxy) is 2. The number of hydrogen-bond donors (Lipinski definition) is 0. The molecular formula is C20H23NO7S. The number of rotatable bonds is 7. The minimum absolute atomic E-state index is 0.0303. The molecule has 1 aromatic heterocycles. The first kappa shape index (κ1) is 20.9. The summed E-state index contributed by atoms with van der Waals surface area (Å²) in [5.41, 5.74) is 1.13. The fourth-order valence-electron chi connectivity index (χ4n) is 3.25. The van der Waals surface area contributed by atoms with Gasteiger partial charge in [0.05, 0.1) is 37.0 Å². The molecule has 1 amide bonds. The average Bonchev–Trinajstić information content (AvgIpc) is 3.33. The van der Waals surface area contributed by atoms with Crippen LogP contribution in [0.15, 0.2) is 41.0 Å². The van der Waals surface area contributed by atoms with Gasteiger partial charge in [-0.25, -0.2) is 13.2 Å². The number of amides is 1. The largest absolute Gasteiger partial charge is 0.496 e. The second-order valence-corrected chi connectivity index (χ2v) is 9.15. The molecule has 1 aliphatic heterocycles. The molecule has 0 radical (unpaired) electrons. The van der Waals surface area contributed by atoms with Crippen LogP contribution in [0.2, 0.25) is 0 Å². The molecule has 1 aliphatic rings. The van der Waals surface area contributed by atoms with E-state index in [0.717, 1.165) is 5.56 Å². The molecule has 29 heavy (non-hydrogen) atoms. The number of benzene rings is 1. The normalized spacial score (nSPS) is 17.7. The Balaban J connectivity index is 1.68. The molecular weight excluding hydrogens is 398 g/mol. The Kier molecular flexibility index (Phi) is 6.26. The molecule has 1 atom stereocenters. The summed E-state index contributed by atoms with van der Waals surface area (Å²) in [6.07, 6.45) is 1.83. The van der Waals surface area contributed by atoms with Gasteiger partial charge in [0.15, 0.2) is 16.4 Å². The van der Waals surface area contributed by atoms with E-state index in [1.54, 1.807) is 30.3 Å². The highest BCUT2D eigenvalue weighted by atomic mass is 32.2. The Morgan fingerprint density at radius 1 is 1.28 bits per heavy atom. The first-order chi connectivity index (χ1) is 13.8. The van der Waals surface area contributed by atoms with E-state index in [9.17, 15) is 18.0 Å². The zero-order chi connectivity index (χ0) is 21.0. The van der Waals surface area contributed by atoms with Crippen molar-refractivity contribution >= 4 is 21.7 Å². The molecule has 0 aliphatic carbocycles. The van der Waals surface area contributed by atoms with E-state index in [4.69, 9.17) is 13.9 Å². The molecule has 1 aromatic carbocycles. The maximum absolute atomic E-state index is 12.8. The molecule has 2 aromatic rings. The van der Waals surface area contributed by atoms with Crippen molar-refractivity contribution in [2.75, 3.05) is 25.2 Å². The van der Waals surface area contributed by atoms with E-state index >= 15 is 0 Å². The van der Waals surface area contributed by atoms with Gasteiger partial charge in [0.2, 0.25) is 0 Å². The predicted octanol–water partition coefficient (Wildman–Crippen LogP) is 1.97. The molecule has 3 rings (SSSR count). The number of nitrogens with zero attached hydrogens (tertiary/aromatic N) is 1. The summed E-state index contributed by atoms with van der Waals surface area (Å²) in [5.74, 6) is -0.145. The van der Waals surface area contributed by atoms with Crippen LogP contribution < -0.4 is 4.74 Å². The molecule has 2 heterocycles. The van der Waals surface area contributed by atoms with Crippen LogP contribution in [0.3, 0.4) is 0 Å². The molecule has 1 fully saturated rings. The smallest absolute Gasteiger partial charge is 0.338 e. The van der Waals surface area contributed by atoms with E-state index in [2.05, 4.69) is 0 Å². The van der Waals surface area contributed by atoms with Crippen molar-refractivity contribution in [3.05, 3.63) is 53.5 Å². The molecule has 0 spiro atoms. The standard InChI is InChI=1S/C20H23NO7S/c1-14-5-6-15(10-18(14)26-2)20(23)28-12-19(22)21(11-17-4-3-8-27-17)16-7-9-29(24,25)13-16/h3-6,8,10,16H,7,9,11-13H2,1-2H3/t16-/m0/s1. The van der Waals surface area contributed by atoms with Crippen molar-refractivity contribution in [2.45, 2.75) is 25.9 Å². The van der Waals surface area contributed by atoms with E-state index in [1.165, 1.54) is 18.3 Å². The fraction of sp³-hybridized carbons (Fsp3) is 0.400. The quantitative estimate of drug-likeness (QED) is 0.630. The van der Waals surface area contributed by atoms with Crippen LogP contribution >= 0.6 is 0 Å². The van der Waals surface area contributed by atoms with Crippen LogP contribution in [-0.2, 0) is 25.9 Å². The second-order valence-electron chi connectivity index (χ2n) is 6.92. The number of aryl methyl sites for hydroxylation is 1. The molecule has 0 bridgehead atoms. The van der Waals surface area contributed by atoms with Gasteiger partial charge >= 0.3 is 5.97 Å². The number of carbonyl (C=O) groups is 2. The summed E-state index contributed by atoms with van der Waals surface area (Å²) in [6.45, 7) is 1.47. The highest BCUT2D eigenvalue weighted by molar-refractivity contribution is 7.91. The third-order valence-electron chi connectivity index (χ3n) is 4.85. The van der Waals surface area contributed by atoms with Gasteiger partial charge in [-0.15, -0.1) is 0 Å². The SMILES string of the molecule is COc1cc(C(=O)OCC(=O)N(Cc2ccco2)[C@H]2CCS(=O)(=O)C2)ccc1C. The molecule has 0 N–H and O–H groups in total. The molecule has 0 saturated carbocycles. The third-order valence-corrected chi connectivity index (χ3v) is 6.60. The molecule has 9 heteroatoms. The van der Waals surface area contributed by atoms with Crippen LogP contribution in [0.4, 0.5) is 0 Å². The Hall–Kier alpha value is -2.81. The first-order valence-electron chi connectivity index (χ1n) is 9.13. The van der Waals surface area contributed by atoms with E-state index in [-0.39, 0.29) is 23.6 Å². The highest BCUT2D eigenvalue weighted by Crippen LogP contribution is 2.22. The Morgan fingerprint density at radius 3 is 2.69 bits per heavy atom. The number of methoxy groups -OCH3 is 1. The van der Waals surface area contributed by atoms with Crippen molar-refractivity contribution in [1.82, 2.24) is 4.90 Å². The van der Waals surface area contributed by atoms with Crippen LogP contribution in [0, 0.1) is 6.92 Å². The lowest BCUT2D eigenvalue weighted by atomic mass is 10.1. The summed E-state index contributed by atoms with van der Waals surface area (Å²) in [4.78, 5) is 26.5. The average molecular weight is 421 g/mol. The van der Waals surface area contributed by atoms with Crippen molar-refractivity contribution in [2.24, 2.45) is 0 Å². The number of carbonyl (C=O) groups excluding carboxylic acids is 2. The van der Waals surface area contributed by atoms with E-state index in [1.807, 2.05) is 6.92 Å². The Bertz CT molecular complexity index is 982.